The maximum Gasteiger partial charge on any atom is 0.252 e. The van der Waals surface area contributed by atoms with Gasteiger partial charge >= 0.3 is 0 Å². The highest BCUT2D eigenvalue weighted by atomic mass is 16.1. The molecule has 0 spiro atoms. The highest BCUT2D eigenvalue weighted by molar-refractivity contribution is 5.97. The number of hydrogen-bond donors (Lipinski definition) is 2. The van der Waals surface area contributed by atoms with E-state index in [0.29, 0.717) is 11.3 Å². The molecule has 1 aliphatic carbocycles. The molecule has 1 aromatic rings. The van der Waals surface area contributed by atoms with Gasteiger partial charge in [0.15, 0.2) is 0 Å². The fourth-order valence-electron chi connectivity index (χ4n) is 2.74. The number of amides is 1. The number of hydrogen-bond acceptors (Lipinski definition) is 2. The smallest absolute Gasteiger partial charge is 0.252 e. The SMILES string of the molecule is Cc1cc(C)c(C(=O)NC2(C)CCCC2)cc1N. The molecule has 2 rings (SSSR count). The van der Waals surface area contributed by atoms with E-state index in [2.05, 4.69) is 12.2 Å². The average molecular weight is 246 g/mol. The Kier molecular flexibility index (Phi) is 3.33. The zero-order chi connectivity index (χ0) is 13.3. The van der Waals surface area contributed by atoms with E-state index < -0.39 is 0 Å². The third-order valence-corrected chi connectivity index (χ3v) is 3.98. The van der Waals surface area contributed by atoms with Crippen LogP contribution in [0.4, 0.5) is 5.69 Å². The molecule has 3 nitrogen and oxygen atoms in total. The van der Waals surface area contributed by atoms with Crippen molar-refractivity contribution in [2.24, 2.45) is 0 Å². The lowest BCUT2D eigenvalue weighted by atomic mass is 9.98. The number of nitrogens with two attached hydrogens (primary N) is 1. The Hall–Kier alpha value is -1.51. The topological polar surface area (TPSA) is 55.1 Å². The molecule has 1 aliphatic rings. The molecular weight excluding hydrogens is 224 g/mol. The first-order chi connectivity index (χ1) is 8.41. The van der Waals surface area contributed by atoms with Crippen LogP contribution in [0.2, 0.25) is 0 Å². The fraction of sp³-hybridized carbons (Fsp3) is 0.533. The number of nitrogens with one attached hydrogen (secondary N) is 1. The zero-order valence-electron chi connectivity index (χ0n) is 11.5. The van der Waals surface area contributed by atoms with Crippen molar-refractivity contribution in [3.63, 3.8) is 0 Å². The van der Waals surface area contributed by atoms with Crippen LogP contribution in [-0.2, 0) is 0 Å². The van der Waals surface area contributed by atoms with Gasteiger partial charge in [-0.15, -0.1) is 0 Å². The summed E-state index contributed by atoms with van der Waals surface area (Å²) in [6, 6.07) is 3.76. The highest BCUT2D eigenvalue weighted by Crippen LogP contribution is 2.29. The normalized spacial score (nSPS) is 17.7. The van der Waals surface area contributed by atoms with Gasteiger partial charge in [-0.3, -0.25) is 4.79 Å². The molecule has 0 aliphatic heterocycles. The summed E-state index contributed by atoms with van der Waals surface area (Å²) in [5, 5.41) is 3.16. The van der Waals surface area contributed by atoms with Crippen molar-refractivity contribution in [1.29, 1.82) is 0 Å². The lowest BCUT2D eigenvalue weighted by molar-refractivity contribution is 0.0907. The standard InChI is InChI=1S/C15H22N2O/c1-10-8-11(2)13(16)9-12(10)14(18)17-15(3)6-4-5-7-15/h8-9H,4-7,16H2,1-3H3,(H,17,18). The van der Waals surface area contributed by atoms with E-state index in [1.165, 1.54) is 12.8 Å². The van der Waals surface area contributed by atoms with Crippen molar-refractivity contribution in [3.05, 3.63) is 28.8 Å². The quantitative estimate of drug-likeness (QED) is 0.788. The number of anilines is 1. The van der Waals surface area contributed by atoms with Crippen LogP contribution in [0.15, 0.2) is 12.1 Å². The molecule has 1 saturated carbocycles. The van der Waals surface area contributed by atoms with Crippen LogP contribution in [-0.4, -0.2) is 11.4 Å². The van der Waals surface area contributed by atoms with Gasteiger partial charge in [-0.1, -0.05) is 18.9 Å². The lowest BCUT2D eigenvalue weighted by Gasteiger charge is -2.25. The second-order valence-corrected chi connectivity index (χ2v) is 5.75. The molecule has 3 heteroatoms. The summed E-state index contributed by atoms with van der Waals surface area (Å²) in [7, 11) is 0. The average Bonchev–Trinajstić information content (AvgIpc) is 2.70. The summed E-state index contributed by atoms with van der Waals surface area (Å²) in [4.78, 5) is 12.3. The minimum absolute atomic E-state index is 0.00333. The van der Waals surface area contributed by atoms with Gasteiger partial charge in [0.05, 0.1) is 0 Å². The van der Waals surface area contributed by atoms with Crippen LogP contribution in [0.25, 0.3) is 0 Å². The molecule has 0 radical (unpaired) electrons. The second-order valence-electron chi connectivity index (χ2n) is 5.75. The summed E-state index contributed by atoms with van der Waals surface area (Å²) in [5.41, 5.74) is 9.24. The molecule has 3 N–H and O–H groups in total. The molecule has 0 atom stereocenters. The number of carbonyl (C=O) groups excluding carboxylic acids is 1. The van der Waals surface area contributed by atoms with Gasteiger partial charge in [-0.25, -0.2) is 0 Å². The monoisotopic (exact) mass is 246 g/mol. The van der Waals surface area contributed by atoms with Crippen LogP contribution >= 0.6 is 0 Å². The van der Waals surface area contributed by atoms with E-state index in [1.54, 1.807) is 6.07 Å². The largest absolute Gasteiger partial charge is 0.398 e. The van der Waals surface area contributed by atoms with Crippen molar-refractivity contribution >= 4 is 11.6 Å². The Morgan fingerprint density at radius 1 is 1.22 bits per heavy atom. The number of nitrogen functional groups attached to an aromatic ring is 1. The number of benzene rings is 1. The fourth-order valence-corrected chi connectivity index (χ4v) is 2.74. The number of rotatable bonds is 2. The summed E-state index contributed by atoms with van der Waals surface area (Å²) in [6.07, 6.45) is 4.54. The Morgan fingerprint density at radius 3 is 2.44 bits per heavy atom. The Bertz CT molecular complexity index is 474. The van der Waals surface area contributed by atoms with E-state index in [0.717, 1.165) is 24.0 Å². The van der Waals surface area contributed by atoms with Gasteiger partial charge in [0.25, 0.3) is 5.91 Å². The van der Waals surface area contributed by atoms with Gasteiger partial charge in [-0.2, -0.15) is 0 Å². The van der Waals surface area contributed by atoms with Gasteiger partial charge in [0, 0.05) is 16.8 Å². The lowest BCUT2D eigenvalue weighted by Crippen LogP contribution is -2.43. The number of carbonyl (C=O) groups is 1. The Labute approximate surface area is 109 Å². The first-order valence-corrected chi connectivity index (χ1v) is 6.60. The molecule has 0 saturated heterocycles. The van der Waals surface area contributed by atoms with Crippen LogP contribution in [0.5, 0.6) is 0 Å². The van der Waals surface area contributed by atoms with E-state index in [9.17, 15) is 4.79 Å². The van der Waals surface area contributed by atoms with Gasteiger partial charge < -0.3 is 11.1 Å². The third kappa shape index (κ3) is 2.50. The zero-order valence-corrected chi connectivity index (χ0v) is 11.5. The molecule has 98 valence electrons. The third-order valence-electron chi connectivity index (χ3n) is 3.98. The molecule has 1 amide bonds. The Balaban J connectivity index is 2.21. The van der Waals surface area contributed by atoms with Crippen LogP contribution in [0, 0.1) is 13.8 Å². The predicted octanol–water partition coefficient (Wildman–Crippen LogP) is 2.95. The van der Waals surface area contributed by atoms with E-state index in [4.69, 9.17) is 5.73 Å². The van der Waals surface area contributed by atoms with Crippen molar-refractivity contribution in [2.75, 3.05) is 5.73 Å². The van der Waals surface area contributed by atoms with E-state index >= 15 is 0 Å². The molecular formula is C15H22N2O. The molecule has 18 heavy (non-hydrogen) atoms. The first kappa shape index (κ1) is 12.9. The first-order valence-electron chi connectivity index (χ1n) is 6.60. The summed E-state index contributed by atoms with van der Waals surface area (Å²) in [6.45, 7) is 6.05. The molecule has 0 aromatic heterocycles. The summed E-state index contributed by atoms with van der Waals surface area (Å²) >= 11 is 0. The van der Waals surface area contributed by atoms with Crippen molar-refractivity contribution in [3.8, 4) is 0 Å². The highest BCUT2D eigenvalue weighted by Gasteiger charge is 2.30. The van der Waals surface area contributed by atoms with Gasteiger partial charge in [0.1, 0.15) is 0 Å². The van der Waals surface area contributed by atoms with Crippen LogP contribution < -0.4 is 11.1 Å². The maximum absolute atomic E-state index is 12.3. The molecule has 0 unspecified atom stereocenters. The minimum atomic E-state index is -0.0385. The van der Waals surface area contributed by atoms with Crippen LogP contribution in [0.3, 0.4) is 0 Å². The maximum atomic E-state index is 12.3. The number of aryl methyl sites for hydroxylation is 2. The minimum Gasteiger partial charge on any atom is -0.398 e. The molecule has 0 heterocycles. The van der Waals surface area contributed by atoms with Gasteiger partial charge in [-0.05, 0) is 50.8 Å². The van der Waals surface area contributed by atoms with Crippen molar-refractivity contribution in [1.82, 2.24) is 5.32 Å². The predicted molar refractivity (Wildman–Crippen MR) is 74.7 cm³/mol. The van der Waals surface area contributed by atoms with E-state index in [-0.39, 0.29) is 11.4 Å². The molecule has 0 bridgehead atoms. The van der Waals surface area contributed by atoms with Crippen LogP contribution in [0.1, 0.15) is 54.1 Å². The van der Waals surface area contributed by atoms with Crippen molar-refractivity contribution < 1.29 is 4.79 Å². The molecule has 1 fully saturated rings. The molecule has 1 aromatic carbocycles. The van der Waals surface area contributed by atoms with Crippen molar-refractivity contribution in [2.45, 2.75) is 52.0 Å². The summed E-state index contributed by atoms with van der Waals surface area (Å²) in [5.74, 6) is 0.00333. The van der Waals surface area contributed by atoms with Gasteiger partial charge in [0.2, 0.25) is 0 Å². The summed E-state index contributed by atoms with van der Waals surface area (Å²) < 4.78 is 0. The van der Waals surface area contributed by atoms with E-state index in [1.807, 2.05) is 19.9 Å². The Morgan fingerprint density at radius 2 is 1.83 bits per heavy atom. The second kappa shape index (κ2) is 4.63.